The summed E-state index contributed by atoms with van der Waals surface area (Å²) in [4.78, 5) is 26.8. The number of amides is 1. The fourth-order valence-electron chi connectivity index (χ4n) is 3.30. The van der Waals surface area contributed by atoms with Gasteiger partial charge in [-0.2, -0.15) is 0 Å². The van der Waals surface area contributed by atoms with Crippen LogP contribution in [0.1, 0.15) is 6.42 Å². The highest BCUT2D eigenvalue weighted by molar-refractivity contribution is 5.91. The first-order chi connectivity index (χ1) is 13.0. The van der Waals surface area contributed by atoms with Crippen LogP contribution in [0.3, 0.4) is 0 Å². The van der Waals surface area contributed by atoms with Crippen LogP contribution in [0.15, 0.2) is 30.6 Å². The smallest absolute Gasteiger partial charge is 0.414 e. The number of hydrogen-bond acceptors (Lipinski definition) is 7. The van der Waals surface area contributed by atoms with Gasteiger partial charge in [0.1, 0.15) is 18.0 Å². The second-order valence-corrected chi connectivity index (χ2v) is 6.57. The van der Waals surface area contributed by atoms with Crippen LogP contribution in [0.5, 0.6) is 0 Å². The summed E-state index contributed by atoms with van der Waals surface area (Å²) < 4.78 is 21.5. The fourth-order valence-corrected chi connectivity index (χ4v) is 3.30. The molecule has 1 N–H and O–H groups in total. The molecule has 1 unspecified atom stereocenters. The molecule has 2 aliphatic heterocycles. The largest absolute Gasteiger partial charge is 0.442 e. The van der Waals surface area contributed by atoms with E-state index in [1.165, 1.54) is 23.2 Å². The molecule has 1 aromatic heterocycles. The van der Waals surface area contributed by atoms with E-state index >= 15 is 0 Å². The molecule has 1 aromatic carbocycles. The third kappa shape index (κ3) is 3.47. The Balaban J connectivity index is 1.47. The Morgan fingerprint density at radius 2 is 2.19 bits per heavy atom. The quantitative estimate of drug-likeness (QED) is 0.834. The van der Waals surface area contributed by atoms with Crippen LogP contribution in [0.4, 0.5) is 20.6 Å². The highest BCUT2D eigenvalue weighted by Crippen LogP contribution is 2.29. The standard InChI is InChI=1S/C17H18FN5O4/c18-13-7-11(1-2-14(13)21-5-3-15(24)16(25)10-21)23-9-12(27-17(23)26)8-22-6-4-19-20-22/h1-2,4,6-7,12,15,24H,3,5,8-10H2/t12-,15?/m0/s1. The van der Waals surface area contributed by atoms with E-state index in [4.69, 9.17) is 4.74 Å². The van der Waals surface area contributed by atoms with Gasteiger partial charge in [0, 0.05) is 12.7 Å². The first-order valence-corrected chi connectivity index (χ1v) is 8.59. The number of aliphatic hydroxyl groups excluding tert-OH is 1. The SMILES string of the molecule is O=C1CN(c2ccc(N3C[C@H](Cn4ccnn4)OC3=O)cc2F)CCC1O. The van der Waals surface area contributed by atoms with E-state index in [1.54, 1.807) is 21.8 Å². The van der Waals surface area contributed by atoms with Gasteiger partial charge in [-0.1, -0.05) is 5.21 Å². The van der Waals surface area contributed by atoms with Gasteiger partial charge < -0.3 is 14.7 Å². The van der Waals surface area contributed by atoms with Crippen molar-refractivity contribution in [2.75, 3.05) is 29.4 Å². The zero-order valence-electron chi connectivity index (χ0n) is 14.4. The van der Waals surface area contributed by atoms with Crippen molar-refractivity contribution in [3.05, 3.63) is 36.4 Å². The van der Waals surface area contributed by atoms with E-state index in [2.05, 4.69) is 10.3 Å². The highest BCUT2D eigenvalue weighted by Gasteiger charge is 2.33. The number of hydrogen-bond donors (Lipinski definition) is 1. The number of piperidine rings is 1. The molecule has 2 saturated heterocycles. The molecule has 0 spiro atoms. The van der Waals surface area contributed by atoms with E-state index < -0.39 is 24.1 Å². The first-order valence-electron chi connectivity index (χ1n) is 8.59. The number of nitrogens with zero attached hydrogens (tertiary/aromatic N) is 5. The topological polar surface area (TPSA) is 101 Å². The predicted molar refractivity (Wildman–Crippen MR) is 91.9 cm³/mol. The summed E-state index contributed by atoms with van der Waals surface area (Å²) in [6, 6.07) is 4.41. The lowest BCUT2D eigenvalue weighted by atomic mass is 10.1. The summed E-state index contributed by atoms with van der Waals surface area (Å²) >= 11 is 0. The van der Waals surface area contributed by atoms with Crippen LogP contribution in [0, 0.1) is 5.82 Å². The van der Waals surface area contributed by atoms with Gasteiger partial charge in [-0.3, -0.25) is 9.69 Å². The monoisotopic (exact) mass is 375 g/mol. The summed E-state index contributed by atoms with van der Waals surface area (Å²) in [7, 11) is 0. The first kappa shape index (κ1) is 17.4. The van der Waals surface area contributed by atoms with Crippen LogP contribution in [0.25, 0.3) is 0 Å². The summed E-state index contributed by atoms with van der Waals surface area (Å²) in [5.41, 5.74) is 0.649. The molecule has 0 bridgehead atoms. The molecule has 10 heteroatoms. The molecular weight excluding hydrogens is 357 g/mol. The van der Waals surface area contributed by atoms with E-state index in [0.29, 0.717) is 18.8 Å². The minimum Gasteiger partial charge on any atom is -0.442 e. The zero-order chi connectivity index (χ0) is 19.0. The molecular formula is C17H18FN5O4. The maximum absolute atomic E-state index is 14.6. The molecule has 27 heavy (non-hydrogen) atoms. The number of ketones is 1. The summed E-state index contributed by atoms with van der Waals surface area (Å²) in [6.07, 6.45) is 1.52. The van der Waals surface area contributed by atoms with Crippen molar-refractivity contribution in [3.63, 3.8) is 0 Å². The van der Waals surface area contributed by atoms with Crippen LogP contribution in [-0.4, -0.2) is 63.8 Å². The number of halogens is 1. The van der Waals surface area contributed by atoms with Crippen molar-refractivity contribution in [1.82, 2.24) is 15.0 Å². The summed E-state index contributed by atoms with van der Waals surface area (Å²) in [6.45, 7) is 0.977. The van der Waals surface area contributed by atoms with Gasteiger partial charge in [0.05, 0.1) is 37.2 Å². The minimum absolute atomic E-state index is 0.0385. The fraction of sp³-hybridized carbons (Fsp3) is 0.412. The molecule has 3 heterocycles. The van der Waals surface area contributed by atoms with Gasteiger partial charge in [-0.15, -0.1) is 5.10 Å². The van der Waals surface area contributed by atoms with Gasteiger partial charge in [-0.25, -0.2) is 13.9 Å². The van der Waals surface area contributed by atoms with E-state index in [1.807, 2.05) is 0 Å². The Bertz CT molecular complexity index is 859. The molecule has 2 atom stereocenters. The van der Waals surface area contributed by atoms with Crippen molar-refractivity contribution >= 4 is 23.3 Å². The zero-order valence-corrected chi connectivity index (χ0v) is 14.4. The summed E-state index contributed by atoms with van der Waals surface area (Å²) in [5, 5.41) is 17.0. The number of rotatable bonds is 4. The molecule has 0 radical (unpaired) electrons. The van der Waals surface area contributed by atoms with Gasteiger partial charge in [0.15, 0.2) is 5.78 Å². The number of ether oxygens (including phenoxy) is 1. The van der Waals surface area contributed by atoms with E-state index in [9.17, 15) is 19.1 Å². The number of aromatic nitrogens is 3. The Labute approximate surface area is 153 Å². The van der Waals surface area contributed by atoms with Crippen LogP contribution >= 0.6 is 0 Å². The number of anilines is 2. The van der Waals surface area contributed by atoms with Crippen LogP contribution in [0.2, 0.25) is 0 Å². The van der Waals surface area contributed by atoms with E-state index in [-0.39, 0.29) is 31.0 Å². The number of benzene rings is 1. The van der Waals surface area contributed by atoms with Crippen LogP contribution in [-0.2, 0) is 16.1 Å². The average Bonchev–Trinajstić information content (AvgIpc) is 3.27. The summed E-state index contributed by atoms with van der Waals surface area (Å²) in [5.74, 6) is -0.868. The highest BCUT2D eigenvalue weighted by atomic mass is 19.1. The number of cyclic esters (lactones) is 1. The molecule has 4 rings (SSSR count). The second-order valence-electron chi connectivity index (χ2n) is 6.57. The van der Waals surface area contributed by atoms with Crippen molar-refractivity contribution < 1.29 is 23.8 Å². The molecule has 2 aliphatic rings. The Morgan fingerprint density at radius 1 is 1.33 bits per heavy atom. The lowest BCUT2D eigenvalue weighted by molar-refractivity contribution is -0.127. The maximum Gasteiger partial charge on any atom is 0.414 e. The van der Waals surface area contributed by atoms with E-state index in [0.717, 1.165) is 0 Å². The third-order valence-corrected chi connectivity index (χ3v) is 4.71. The lowest BCUT2D eigenvalue weighted by Crippen LogP contribution is -2.44. The molecule has 0 saturated carbocycles. The van der Waals surface area contributed by atoms with Gasteiger partial charge in [0.25, 0.3) is 0 Å². The maximum atomic E-state index is 14.6. The average molecular weight is 375 g/mol. The molecule has 1 amide bonds. The van der Waals surface area contributed by atoms with Crippen molar-refractivity contribution in [2.24, 2.45) is 0 Å². The second kappa shape index (κ2) is 6.95. The Morgan fingerprint density at radius 3 is 2.89 bits per heavy atom. The normalized spacial score (nSPS) is 23.0. The molecule has 2 fully saturated rings. The number of aliphatic hydroxyl groups is 1. The van der Waals surface area contributed by atoms with Crippen LogP contribution < -0.4 is 9.80 Å². The molecule has 2 aromatic rings. The molecule has 0 aliphatic carbocycles. The van der Waals surface area contributed by atoms with Gasteiger partial charge in [0.2, 0.25) is 0 Å². The predicted octanol–water partition coefficient (Wildman–Crippen LogP) is 0.583. The molecule has 9 nitrogen and oxygen atoms in total. The molecule has 142 valence electrons. The minimum atomic E-state index is -0.982. The van der Waals surface area contributed by atoms with Gasteiger partial charge >= 0.3 is 6.09 Å². The van der Waals surface area contributed by atoms with Gasteiger partial charge in [-0.05, 0) is 24.6 Å². The Kier molecular flexibility index (Phi) is 4.48. The van der Waals surface area contributed by atoms with Crippen molar-refractivity contribution in [3.8, 4) is 0 Å². The van der Waals surface area contributed by atoms with Crippen molar-refractivity contribution in [2.45, 2.75) is 25.2 Å². The van der Waals surface area contributed by atoms with Crippen molar-refractivity contribution in [1.29, 1.82) is 0 Å². The number of carbonyl (C=O) groups is 2. The Hall–Kier alpha value is -3.01. The number of carbonyl (C=O) groups excluding carboxylic acids is 2. The third-order valence-electron chi connectivity index (χ3n) is 4.71. The number of Topliss-reactive ketones (excluding diaryl/α,β-unsaturated/α-hetero) is 1. The lowest BCUT2D eigenvalue weighted by Gasteiger charge is -2.30.